The Labute approximate surface area is 122 Å². The topological polar surface area (TPSA) is 116 Å². The lowest BCUT2D eigenvalue weighted by Gasteiger charge is -2.33. The van der Waals surface area contributed by atoms with Gasteiger partial charge in [0, 0.05) is 26.1 Å². The lowest BCUT2D eigenvalue weighted by molar-refractivity contribution is -0.147. The number of nitrogens with one attached hydrogen (secondary N) is 1. The first kappa shape index (κ1) is 15.4. The summed E-state index contributed by atoms with van der Waals surface area (Å²) in [6, 6.07) is 7.45. The lowest BCUT2D eigenvalue weighted by atomic mass is 9.92. The van der Waals surface area contributed by atoms with E-state index < -0.39 is 21.5 Å². The van der Waals surface area contributed by atoms with Gasteiger partial charge in [-0.15, -0.1) is 0 Å². The first-order valence-electron chi connectivity index (χ1n) is 6.25. The monoisotopic (exact) mass is 310 g/mol. The zero-order valence-corrected chi connectivity index (χ0v) is 11.9. The fraction of sp³-hybridized carbons (Fsp3) is 0.385. The standard InChI is InChI=1S/C13H14N2O5S/c14-9-10-3-1-2-4-11(10)21(18,19)15-13(12(16)17)5-7-20-8-6-13/h1-4,15H,5-8H2,(H,16,17). The second-order valence-electron chi connectivity index (χ2n) is 4.71. The number of hydrogen-bond acceptors (Lipinski definition) is 5. The maximum absolute atomic E-state index is 12.4. The zero-order chi connectivity index (χ0) is 15.5. The predicted molar refractivity (Wildman–Crippen MR) is 71.9 cm³/mol. The van der Waals surface area contributed by atoms with E-state index in [0.29, 0.717) is 0 Å². The summed E-state index contributed by atoms with van der Waals surface area (Å²) in [5.41, 5.74) is -1.63. The quantitative estimate of drug-likeness (QED) is 0.835. The zero-order valence-electron chi connectivity index (χ0n) is 11.1. The van der Waals surface area contributed by atoms with Crippen LogP contribution in [-0.4, -0.2) is 38.2 Å². The molecule has 1 aromatic carbocycles. The van der Waals surface area contributed by atoms with Crippen molar-refractivity contribution in [2.24, 2.45) is 0 Å². The molecule has 0 spiro atoms. The molecule has 0 amide bonds. The van der Waals surface area contributed by atoms with Gasteiger partial charge in [-0.1, -0.05) is 12.1 Å². The highest BCUT2D eigenvalue weighted by molar-refractivity contribution is 7.89. The SMILES string of the molecule is N#Cc1ccccc1S(=O)(=O)NC1(C(=O)O)CCOCC1. The molecule has 1 fully saturated rings. The summed E-state index contributed by atoms with van der Waals surface area (Å²) in [5, 5.41) is 18.4. The van der Waals surface area contributed by atoms with Gasteiger partial charge in [0.1, 0.15) is 11.6 Å². The number of nitriles is 1. The molecular weight excluding hydrogens is 296 g/mol. The summed E-state index contributed by atoms with van der Waals surface area (Å²) in [6.45, 7) is 0.323. The molecule has 1 saturated heterocycles. The Kier molecular flexibility index (Phi) is 4.27. The maximum Gasteiger partial charge on any atom is 0.325 e. The first-order valence-corrected chi connectivity index (χ1v) is 7.74. The highest BCUT2D eigenvalue weighted by Gasteiger charge is 2.44. The van der Waals surface area contributed by atoms with Gasteiger partial charge in [-0.3, -0.25) is 4.79 Å². The molecule has 0 bridgehead atoms. The number of carboxylic acid groups (broad SMARTS) is 1. The Morgan fingerprint density at radius 2 is 1.95 bits per heavy atom. The highest BCUT2D eigenvalue weighted by Crippen LogP contribution is 2.25. The summed E-state index contributed by atoms with van der Waals surface area (Å²) >= 11 is 0. The molecule has 7 nitrogen and oxygen atoms in total. The average Bonchev–Trinajstić information content (AvgIpc) is 2.47. The van der Waals surface area contributed by atoms with E-state index in [1.165, 1.54) is 18.2 Å². The summed E-state index contributed by atoms with van der Waals surface area (Å²) in [7, 11) is -4.11. The van der Waals surface area contributed by atoms with Gasteiger partial charge in [0.25, 0.3) is 0 Å². The molecule has 0 aromatic heterocycles. The van der Waals surface area contributed by atoms with Gasteiger partial charge >= 0.3 is 5.97 Å². The normalized spacial score (nSPS) is 17.9. The number of aliphatic carboxylic acids is 1. The number of rotatable bonds is 4. The largest absolute Gasteiger partial charge is 0.480 e. The third kappa shape index (κ3) is 3.05. The van der Waals surface area contributed by atoms with Gasteiger partial charge in [-0.25, -0.2) is 8.42 Å². The summed E-state index contributed by atoms with van der Waals surface area (Å²) in [6.07, 6.45) is 0.0760. The number of sulfonamides is 1. The van der Waals surface area contributed by atoms with Crippen molar-refractivity contribution < 1.29 is 23.1 Å². The van der Waals surface area contributed by atoms with Crippen LogP contribution in [0.4, 0.5) is 0 Å². The van der Waals surface area contributed by atoms with E-state index >= 15 is 0 Å². The van der Waals surface area contributed by atoms with Crippen molar-refractivity contribution in [3.05, 3.63) is 29.8 Å². The van der Waals surface area contributed by atoms with Crippen LogP contribution in [0.15, 0.2) is 29.2 Å². The molecule has 2 N–H and O–H groups in total. The number of carbonyl (C=O) groups is 1. The van der Waals surface area contributed by atoms with Gasteiger partial charge in [-0.05, 0) is 12.1 Å². The van der Waals surface area contributed by atoms with Crippen molar-refractivity contribution in [1.29, 1.82) is 5.26 Å². The van der Waals surface area contributed by atoms with E-state index in [2.05, 4.69) is 4.72 Å². The van der Waals surface area contributed by atoms with E-state index in [0.717, 1.165) is 0 Å². The third-order valence-electron chi connectivity index (χ3n) is 3.38. The van der Waals surface area contributed by atoms with Gasteiger partial charge in [0.15, 0.2) is 0 Å². The van der Waals surface area contributed by atoms with Crippen LogP contribution in [0.5, 0.6) is 0 Å². The van der Waals surface area contributed by atoms with Crippen LogP contribution in [0.25, 0.3) is 0 Å². The van der Waals surface area contributed by atoms with E-state index in [1.54, 1.807) is 12.1 Å². The fourth-order valence-electron chi connectivity index (χ4n) is 2.18. The minimum atomic E-state index is -4.11. The molecular formula is C13H14N2O5S. The van der Waals surface area contributed by atoms with Crippen LogP contribution in [0.1, 0.15) is 18.4 Å². The molecule has 0 aliphatic carbocycles. The summed E-state index contributed by atoms with van der Waals surface area (Å²) < 4.78 is 32.2. The fourth-order valence-corrected chi connectivity index (χ4v) is 3.76. The number of carboxylic acids is 1. The Balaban J connectivity index is 2.40. The number of benzene rings is 1. The number of ether oxygens (including phenoxy) is 1. The minimum absolute atomic E-state index is 0.0300. The second-order valence-corrected chi connectivity index (χ2v) is 6.36. The van der Waals surface area contributed by atoms with Crippen molar-refractivity contribution in [3.63, 3.8) is 0 Å². The lowest BCUT2D eigenvalue weighted by Crippen LogP contribution is -2.57. The van der Waals surface area contributed by atoms with Gasteiger partial charge in [-0.2, -0.15) is 9.98 Å². The first-order chi connectivity index (χ1) is 9.91. The highest BCUT2D eigenvalue weighted by atomic mass is 32.2. The minimum Gasteiger partial charge on any atom is -0.480 e. The molecule has 0 atom stereocenters. The molecule has 112 valence electrons. The van der Waals surface area contributed by atoms with E-state index in [-0.39, 0.29) is 36.5 Å². The van der Waals surface area contributed by atoms with Crippen molar-refractivity contribution in [2.45, 2.75) is 23.3 Å². The molecule has 0 radical (unpaired) electrons. The van der Waals surface area contributed by atoms with Crippen LogP contribution in [0.2, 0.25) is 0 Å². The van der Waals surface area contributed by atoms with Gasteiger partial charge in [0.2, 0.25) is 10.0 Å². The molecule has 21 heavy (non-hydrogen) atoms. The molecule has 1 aliphatic heterocycles. The van der Waals surface area contributed by atoms with Gasteiger partial charge in [0.05, 0.1) is 10.5 Å². The second kappa shape index (κ2) is 5.81. The van der Waals surface area contributed by atoms with E-state index in [4.69, 9.17) is 10.00 Å². The third-order valence-corrected chi connectivity index (χ3v) is 4.98. The van der Waals surface area contributed by atoms with Crippen LogP contribution in [0, 0.1) is 11.3 Å². The molecule has 0 unspecified atom stereocenters. The van der Waals surface area contributed by atoms with Crippen molar-refractivity contribution in [3.8, 4) is 6.07 Å². The maximum atomic E-state index is 12.4. The van der Waals surface area contributed by atoms with Crippen LogP contribution in [0.3, 0.4) is 0 Å². The summed E-state index contributed by atoms with van der Waals surface area (Å²) in [4.78, 5) is 11.3. The Morgan fingerprint density at radius 3 is 2.52 bits per heavy atom. The Hall–Kier alpha value is -1.95. The van der Waals surface area contributed by atoms with Crippen LogP contribution in [-0.2, 0) is 19.6 Å². The van der Waals surface area contributed by atoms with Crippen LogP contribution >= 0.6 is 0 Å². The van der Waals surface area contributed by atoms with Crippen molar-refractivity contribution in [2.75, 3.05) is 13.2 Å². The number of hydrogen-bond donors (Lipinski definition) is 2. The molecule has 8 heteroatoms. The molecule has 1 aliphatic rings. The molecule has 1 aromatic rings. The van der Waals surface area contributed by atoms with E-state index in [9.17, 15) is 18.3 Å². The Bertz CT molecular complexity index is 687. The summed E-state index contributed by atoms with van der Waals surface area (Å²) in [5.74, 6) is -1.25. The number of nitrogens with zero attached hydrogens (tertiary/aromatic N) is 1. The Morgan fingerprint density at radius 1 is 1.33 bits per heavy atom. The smallest absolute Gasteiger partial charge is 0.325 e. The average molecular weight is 310 g/mol. The van der Waals surface area contributed by atoms with Crippen LogP contribution < -0.4 is 4.72 Å². The van der Waals surface area contributed by atoms with E-state index in [1.807, 2.05) is 0 Å². The van der Waals surface area contributed by atoms with Crippen molar-refractivity contribution >= 4 is 16.0 Å². The van der Waals surface area contributed by atoms with Crippen molar-refractivity contribution in [1.82, 2.24) is 4.72 Å². The molecule has 1 heterocycles. The molecule has 0 saturated carbocycles. The van der Waals surface area contributed by atoms with Gasteiger partial charge < -0.3 is 9.84 Å². The predicted octanol–water partition coefficient (Wildman–Crippen LogP) is 0.470. The molecule has 2 rings (SSSR count).